The number of anilines is 2. The van der Waals surface area contributed by atoms with Crippen molar-refractivity contribution in [1.82, 2.24) is 4.90 Å². The molecule has 0 amide bonds. The molecule has 0 saturated carbocycles. The van der Waals surface area contributed by atoms with Crippen molar-refractivity contribution in [1.29, 1.82) is 0 Å². The molecule has 3 atom stereocenters. The fraction of sp³-hybridized carbons (Fsp3) is 0.377. The number of nitrogens with zero attached hydrogens (tertiary/aromatic N) is 2. The van der Waals surface area contributed by atoms with Gasteiger partial charge in [0.05, 0.1) is 27.2 Å². The molecule has 2 saturated heterocycles. The summed E-state index contributed by atoms with van der Waals surface area (Å²) in [6, 6.07) is 35.0. The maximum Gasteiger partial charge on any atom is 0.346 e. The largest absolute Gasteiger partial charge is 0.346 e. The molecule has 4 aliphatic carbocycles. The average Bonchev–Trinajstić information content (AvgIpc) is 3.83. The summed E-state index contributed by atoms with van der Waals surface area (Å²) in [6.07, 6.45) is 37.8. The van der Waals surface area contributed by atoms with Gasteiger partial charge in [-0.15, -0.1) is 0 Å². The van der Waals surface area contributed by atoms with Gasteiger partial charge in [0.25, 0.3) is 0 Å². The second-order valence-corrected chi connectivity index (χ2v) is 38.4. The molecule has 5 aliphatic heterocycles. The highest BCUT2D eigenvalue weighted by molar-refractivity contribution is 7.04. The molecule has 338 valence electrons. The maximum absolute atomic E-state index is 2.86. The molecule has 2 nitrogen and oxygen atoms in total. The molecule has 0 radical (unpaired) electrons. The SMILES string of the molecule is CC1=C(c2c([Si+](C)C)c3c(c4ccccc24)C2C=CC(N4C5=C(C=CCC5)[Si]5(CCCC5)C5=C4CCC=C5)=CC2[Si]3(C)C)C=CC(N2c3ccccc3[Si]3(CCCCCC3)c3ccccc32)C1. The van der Waals surface area contributed by atoms with Crippen LogP contribution in [-0.2, 0) is 0 Å². The van der Waals surface area contributed by atoms with Crippen LogP contribution < -0.4 is 25.6 Å². The summed E-state index contributed by atoms with van der Waals surface area (Å²) in [5.41, 5.74) is 14.7. The first-order valence-corrected chi connectivity index (χ1v) is 36.9. The Kier molecular flexibility index (Phi) is 10.2. The number of hydrogen-bond donors (Lipinski definition) is 0. The predicted octanol–water partition coefficient (Wildman–Crippen LogP) is 13.9. The van der Waals surface area contributed by atoms with Crippen LogP contribution in [0.1, 0.15) is 94.6 Å². The Labute approximate surface area is 406 Å². The van der Waals surface area contributed by atoms with E-state index in [0.717, 1.165) is 6.42 Å². The predicted molar refractivity (Wildman–Crippen MR) is 297 cm³/mol. The number of hydrogen-bond acceptors (Lipinski definition) is 2. The summed E-state index contributed by atoms with van der Waals surface area (Å²) < 4.78 is 0. The second kappa shape index (κ2) is 16.0. The topological polar surface area (TPSA) is 6.48 Å². The quantitative estimate of drug-likeness (QED) is 0.188. The van der Waals surface area contributed by atoms with E-state index in [1.54, 1.807) is 54.0 Å². The molecule has 9 aliphatic rings. The fourth-order valence-electron chi connectivity index (χ4n) is 15.9. The number of allylic oxidation sites excluding steroid dienone is 13. The maximum atomic E-state index is 2.86. The van der Waals surface area contributed by atoms with E-state index in [1.807, 2.05) is 5.19 Å². The van der Waals surface area contributed by atoms with Gasteiger partial charge in [-0.1, -0.05) is 166 Å². The summed E-state index contributed by atoms with van der Waals surface area (Å²) in [4.78, 5) is 5.64. The van der Waals surface area contributed by atoms with Crippen molar-refractivity contribution in [3.8, 4) is 0 Å². The third-order valence-electron chi connectivity index (χ3n) is 18.7. The van der Waals surface area contributed by atoms with Gasteiger partial charge in [-0.3, -0.25) is 0 Å². The minimum atomic E-state index is -2.06. The van der Waals surface area contributed by atoms with E-state index in [-0.39, 0.29) is 6.04 Å². The van der Waals surface area contributed by atoms with Gasteiger partial charge < -0.3 is 9.80 Å². The lowest BCUT2D eigenvalue weighted by molar-refractivity contribution is 0.475. The highest BCUT2D eigenvalue weighted by Crippen LogP contribution is 2.56. The summed E-state index contributed by atoms with van der Waals surface area (Å²) >= 11 is 0. The third-order valence-corrected chi connectivity index (χ3v) is 35.2. The summed E-state index contributed by atoms with van der Waals surface area (Å²) in [7, 11) is -6.49. The van der Waals surface area contributed by atoms with Gasteiger partial charge in [0, 0.05) is 39.9 Å². The lowest BCUT2D eigenvalue weighted by Crippen LogP contribution is -2.63. The molecule has 3 unspecified atom stereocenters. The normalized spacial score (nSPS) is 26.1. The van der Waals surface area contributed by atoms with Crippen molar-refractivity contribution < 1.29 is 0 Å². The van der Waals surface area contributed by atoms with Crippen LogP contribution in [0.25, 0.3) is 16.3 Å². The highest BCUT2D eigenvalue weighted by Gasteiger charge is 2.55. The van der Waals surface area contributed by atoms with Crippen LogP contribution in [0.4, 0.5) is 11.4 Å². The zero-order valence-corrected chi connectivity index (χ0v) is 44.9. The van der Waals surface area contributed by atoms with Crippen LogP contribution in [0.2, 0.25) is 55.9 Å². The van der Waals surface area contributed by atoms with Crippen LogP contribution in [-0.4, -0.2) is 44.0 Å². The molecular weight excluding hydrogens is 873 g/mol. The number of benzene rings is 4. The summed E-state index contributed by atoms with van der Waals surface area (Å²) in [5, 5.41) is 13.5. The molecule has 2 spiro atoms. The monoisotopic (exact) mass is 941 g/mol. The van der Waals surface area contributed by atoms with Gasteiger partial charge in [-0.25, -0.2) is 0 Å². The van der Waals surface area contributed by atoms with Crippen LogP contribution >= 0.6 is 0 Å². The van der Waals surface area contributed by atoms with Crippen LogP contribution in [0, 0.1) is 0 Å². The summed E-state index contributed by atoms with van der Waals surface area (Å²) in [5.74, 6) is 0.431. The minimum Gasteiger partial charge on any atom is -0.334 e. The molecule has 4 aromatic rings. The van der Waals surface area contributed by atoms with E-state index in [4.69, 9.17) is 0 Å². The lowest BCUT2D eigenvalue weighted by atomic mass is 9.83. The first-order valence-electron chi connectivity index (χ1n) is 26.5. The highest BCUT2D eigenvalue weighted by atomic mass is 28.3. The molecule has 0 aromatic heterocycles. The summed E-state index contributed by atoms with van der Waals surface area (Å²) in [6.45, 7) is 13.2. The molecule has 67 heavy (non-hydrogen) atoms. The van der Waals surface area contributed by atoms with Crippen molar-refractivity contribution in [3.05, 3.63) is 172 Å². The second-order valence-electron chi connectivity index (χ2n) is 22.8. The molecule has 6 heteroatoms. The number of rotatable bonds is 4. The average molecular weight is 943 g/mol. The minimum absolute atomic E-state index is 0.286. The zero-order valence-electron chi connectivity index (χ0n) is 40.9. The van der Waals surface area contributed by atoms with E-state index in [0.29, 0.717) is 11.5 Å². The Bertz CT molecular complexity index is 2920. The van der Waals surface area contributed by atoms with Gasteiger partial charge in [0.15, 0.2) is 0 Å². The molecule has 0 bridgehead atoms. The smallest absolute Gasteiger partial charge is 0.334 e. The Morgan fingerprint density at radius 3 is 1.84 bits per heavy atom. The van der Waals surface area contributed by atoms with Crippen molar-refractivity contribution >= 4 is 81.5 Å². The molecule has 2 fully saturated rings. The number of para-hydroxylation sites is 2. The van der Waals surface area contributed by atoms with Crippen LogP contribution in [0.15, 0.2) is 161 Å². The first kappa shape index (κ1) is 42.6. The van der Waals surface area contributed by atoms with Crippen molar-refractivity contribution in [3.63, 3.8) is 0 Å². The molecular formula is C61H69N2Si4+. The van der Waals surface area contributed by atoms with E-state index in [1.165, 1.54) is 122 Å². The van der Waals surface area contributed by atoms with Crippen molar-refractivity contribution in [2.45, 2.75) is 145 Å². The van der Waals surface area contributed by atoms with E-state index < -0.39 is 33.0 Å². The fourth-order valence-corrected chi connectivity index (χ4v) is 34.2. The van der Waals surface area contributed by atoms with Gasteiger partial charge in [0.2, 0.25) is 0 Å². The number of fused-ring (bicyclic) bond motifs is 11. The van der Waals surface area contributed by atoms with Gasteiger partial charge >= 0.3 is 8.80 Å². The first-order chi connectivity index (χ1) is 32.7. The van der Waals surface area contributed by atoms with Crippen LogP contribution in [0.3, 0.4) is 0 Å². The van der Waals surface area contributed by atoms with E-state index >= 15 is 0 Å². The lowest BCUT2D eigenvalue weighted by Gasteiger charge is -2.48. The molecule has 0 N–H and O–H groups in total. The Morgan fingerprint density at radius 1 is 0.627 bits per heavy atom. The Hall–Kier alpha value is -4.47. The van der Waals surface area contributed by atoms with Crippen molar-refractivity contribution in [2.75, 3.05) is 4.90 Å². The van der Waals surface area contributed by atoms with E-state index in [9.17, 15) is 0 Å². The zero-order chi connectivity index (χ0) is 45.2. The van der Waals surface area contributed by atoms with E-state index in [2.05, 4.69) is 170 Å². The Balaban J connectivity index is 0.918. The Morgan fingerprint density at radius 2 is 1.21 bits per heavy atom. The standard InChI is InChI=1S/C61H69N2Si4/c1-42-40-43(62-49-24-10-14-28-53(49)66(36-18-6-7-19-37-66)54-29-15-11-25-50(54)62)32-34-45(42)58-46-22-8-9-23-47(46)59-48-35-33-44(41-57(48)65(4,5)61(59)60(58)64(2)3)63-51-26-12-16-30-55(51)67(38-20-21-39-67)56-31-17-13-27-52(56)63/h8-11,14-17,22-25,28-35,41,43,48,57H,6-7,12-13,18-21,26-27,36-40H2,1-5H3/q+1. The third kappa shape index (κ3) is 6.13. The van der Waals surface area contributed by atoms with Gasteiger partial charge in [-0.2, -0.15) is 0 Å². The van der Waals surface area contributed by atoms with Gasteiger partial charge in [-0.05, 0) is 135 Å². The molecule has 13 rings (SSSR count). The van der Waals surface area contributed by atoms with Crippen molar-refractivity contribution in [2.24, 2.45) is 0 Å². The molecule has 4 aromatic carbocycles. The molecule has 5 heterocycles. The van der Waals surface area contributed by atoms with Crippen LogP contribution in [0.5, 0.6) is 0 Å². The van der Waals surface area contributed by atoms with Gasteiger partial charge in [0.1, 0.15) is 21.3 Å².